The third kappa shape index (κ3) is 1.84. The first-order valence-electron chi connectivity index (χ1n) is 4.99. The fraction of sp³-hybridized carbons (Fsp3) is 0.273. The molecule has 0 unspecified atom stereocenters. The highest BCUT2D eigenvalue weighted by molar-refractivity contribution is 5.84. The number of carbonyl (C=O) groups excluding carboxylic acids is 1. The molecule has 0 saturated carbocycles. The van der Waals surface area contributed by atoms with Crippen molar-refractivity contribution in [3.8, 4) is 0 Å². The Morgan fingerprint density at radius 3 is 2.94 bits per heavy atom. The SMILES string of the molecule is CN(C)C(=O)Cn1ncc2ccc(N)cc21. The number of nitrogens with two attached hydrogens (primary N) is 1. The number of nitrogens with zero attached hydrogens (tertiary/aromatic N) is 3. The maximum atomic E-state index is 11.6. The molecule has 2 rings (SSSR count). The van der Waals surface area contributed by atoms with Gasteiger partial charge in [0.05, 0.1) is 11.7 Å². The van der Waals surface area contributed by atoms with Gasteiger partial charge in [0, 0.05) is 25.2 Å². The van der Waals surface area contributed by atoms with Crippen molar-refractivity contribution in [3.05, 3.63) is 24.4 Å². The number of rotatable bonds is 2. The molecular formula is C11H14N4O. The van der Waals surface area contributed by atoms with Gasteiger partial charge in [0.2, 0.25) is 5.91 Å². The zero-order valence-electron chi connectivity index (χ0n) is 9.34. The van der Waals surface area contributed by atoms with Crippen molar-refractivity contribution in [2.24, 2.45) is 0 Å². The van der Waals surface area contributed by atoms with Crippen molar-refractivity contribution in [2.75, 3.05) is 19.8 Å². The van der Waals surface area contributed by atoms with E-state index in [9.17, 15) is 4.79 Å². The molecule has 0 fully saturated rings. The first-order valence-corrected chi connectivity index (χ1v) is 4.99. The van der Waals surface area contributed by atoms with E-state index in [2.05, 4.69) is 5.10 Å². The van der Waals surface area contributed by atoms with Gasteiger partial charge in [-0.15, -0.1) is 0 Å². The summed E-state index contributed by atoms with van der Waals surface area (Å²) in [4.78, 5) is 13.1. The molecule has 2 N–H and O–H groups in total. The number of amides is 1. The van der Waals surface area contributed by atoms with Crippen LogP contribution in [0.2, 0.25) is 0 Å². The van der Waals surface area contributed by atoms with E-state index in [0.29, 0.717) is 5.69 Å². The van der Waals surface area contributed by atoms with E-state index in [1.54, 1.807) is 29.9 Å². The molecule has 2 aromatic rings. The number of aromatic nitrogens is 2. The fourth-order valence-electron chi connectivity index (χ4n) is 1.48. The Morgan fingerprint density at radius 1 is 1.50 bits per heavy atom. The van der Waals surface area contributed by atoms with Crippen LogP contribution in [0.25, 0.3) is 10.9 Å². The van der Waals surface area contributed by atoms with Crippen LogP contribution in [0, 0.1) is 0 Å². The number of anilines is 1. The third-order valence-corrected chi connectivity index (χ3v) is 2.45. The largest absolute Gasteiger partial charge is 0.399 e. The first kappa shape index (κ1) is 10.5. The Hall–Kier alpha value is -2.04. The van der Waals surface area contributed by atoms with Crippen molar-refractivity contribution >= 4 is 22.5 Å². The standard InChI is InChI=1S/C11H14N4O/c1-14(2)11(16)7-15-10-5-9(12)4-3-8(10)6-13-15/h3-6H,7,12H2,1-2H3. The smallest absolute Gasteiger partial charge is 0.243 e. The Bertz CT molecular complexity index is 530. The van der Waals surface area contributed by atoms with Crippen LogP contribution in [0.4, 0.5) is 5.69 Å². The van der Waals surface area contributed by atoms with Gasteiger partial charge < -0.3 is 10.6 Å². The molecule has 0 aliphatic carbocycles. The molecule has 0 aliphatic heterocycles. The number of carbonyl (C=O) groups is 1. The summed E-state index contributed by atoms with van der Waals surface area (Å²) in [5, 5.41) is 5.16. The Balaban J connectivity index is 2.38. The number of benzene rings is 1. The molecule has 0 radical (unpaired) electrons. The summed E-state index contributed by atoms with van der Waals surface area (Å²) in [6.07, 6.45) is 1.73. The molecule has 1 aromatic carbocycles. The summed E-state index contributed by atoms with van der Waals surface area (Å²) in [6, 6.07) is 5.54. The van der Waals surface area contributed by atoms with Gasteiger partial charge in [-0.2, -0.15) is 5.10 Å². The molecule has 84 valence electrons. The van der Waals surface area contributed by atoms with Gasteiger partial charge in [-0.3, -0.25) is 9.48 Å². The molecule has 16 heavy (non-hydrogen) atoms. The number of nitrogen functional groups attached to an aromatic ring is 1. The molecule has 0 spiro atoms. The number of hydrogen-bond acceptors (Lipinski definition) is 3. The quantitative estimate of drug-likeness (QED) is 0.755. The van der Waals surface area contributed by atoms with Crippen LogP contribution in [0.5, 0.6) is 0 Å². The minimum Gasteiger partial charge on any atom is -0.399 e. The predicted molar refractivity (Wildman–Crippen MR) is 62.8 cm³/mol. The van der Waals surface area contributed by atoms with Crippen LogP contribution >= 0.6 is 0 Å². The minimum absolute atomic E-state index is 0.00687. The second-order valence-corrected chi connectivity index (χ2v) is 3.91. The molecule has 0 bridgehead atoms. The van der Waals surface area contributed by atoms with Gasteiger partial charge in [-0.25, -0.2) is 0 Å². The molecule has 1 amide bonds. The number of likely N-dealkylation sites (N-methyl/N-ethyl adjacent to an activating group) is 1. The van der Waals surface area contributed by atoms with E-state index in [1.165, 1.54) is 0 Å². The normalized spacial score (nSPS) is 10.6. The zero-order valence-corrected chi connectivity index (χ0v) is 9.34. The topological polar surface area (TPSA) is 64.2 Å². The van der Waals surface area contributed by atoms with Crippen LogP contribution in [0.1, 0.15) is 0 Å². The lowest BCUT2D eigenvalue weighted by molar-refractivity contribution is -0.129. The molecule has 0 saturated heterocycles. The van der Waals surface area contributed by atoms with Gasteiger partial charge in [-0.05, 0) is 18.2 Å². The van der Waals surface area contributed by atoms with Gasteiger partial charge in [0.15, 0.2) is 0 Å². The van der Waals surface area contributed by atoms with Crippen molar-refractivity contribution in [2.45, 2.75) is 6.54 Å². The van der Waals surface area contributed by atoms with Crippen LogP contribution < -0.4 is 5.73 Å². The predicted octanol–water partition coefficient (Wildman–Crippen LogP) is 0.707. The zero-order chi connectivity index (χ0) is 11.7. The van der Waals surface area contributed by atoms with Gasteiger partial charge in [0.1, 0.15) is 6.54 Å². The highest BCUT2D eigenvalue weighted by atomic mass is 16.2. The van der Waals surface area contributed by atoms with Crippen LogP contribution in [-0.4, -0.2) is 34.7 Å². The van der Waals surface area contributed by atoms with E-state index < -0.39 is 0 Å². The average molecular weight is 218 g/mol. The van der Waals surface area contributed by atoms with E-state index in [4.69, 9.17) is 5.73 Å². The van der Waals surface area contributed by atoms with Crippen LogP contribution in [0.3, 0.4) is 0 Å². The summed E-state index contributed by atoms with van der Waals surface area (Å²) in [6.45, 7) is 0.236. The summed E-state index contributed by atoms with van der Waals surface area (Å²) < 4.78 is 1.66. The second-order valence-electron chi connectivity index (χ2n) is 3.91. The monoisotopic (exact) mass is 218 g/mol. The fourth-order valence-corrected chi connectivity index (χ4v) is 1.48. The molecule has 0 atom stereocenters. The van der Waals surface area contributed by atoms with Crippen LogP contribution in [-0.2, 0) is 11.3 Å². The van der Waals surface area contributed by atoms with Gasteiger partial charge in [-0.1, -0.05) is 0 Å². The lowest BCUT2D eigenvalue weighted by atomic mass is 10.2. The van der Waals surface area contributed by atoms with E-state index >= 15 is 0 Å². The van der Waals surface area contributed by atoms with E-state index in [1.807, 2.05) is 18.2 Å². The van der Waals surface area contributed by atoms with Crippen molar-refractivity contribution in [1.29, 1.82) is 0 Å². The first-order chi connectivity index (χ1) is 7.58. The molecule has 0 aliphatic rings. The Kier molecular flexibility index (Phi) is 2.52. The molecule has 1 heterocycles. The van der Waals surface area contributed by atoms with Crippen molar-refractivity contribution in [1.82, 2.24) is 14.7 Å². The lowest BCUT2D eigenvalue weighted by Gasteiger charge is -2.10. The molecule has 5 nitrogen and oxygen atoms in total. The highest BCUT2D eigenvalue weighted by Crippen LogP contribution is 2.16. The number of hydrogen-bond donors (Lipinski definition) is 1. The summed E-state index contributed by atoms with van der Waals surface area (Å²) >= 11 is 0. The Labute approximate surface area is 93.4 Å². The van der Waals surface area contributed by atoms with Gasteiger partial charge in [0.25, 0.3) is 0 Å². The Morgan fingerprint density at radius 2 is 2.25 bits per heavy atom. The molecular weight excluding hydrogens is 204 g/mol. The minimum atomic E-state index is 0.00687. The molecule has 5 heteroatoms. The summed E-state index contributed by atoms with van der Waals surface area (Å²) in [5.41, 5.74) is 7.26. The maximum absolute atomic E-state index is 11.6. The molecule has 1 aromatic heterocycles. The lowest BCUT2D eigenvalue weighted by Crippen LogP contribution is -2.26. The average Bonchev–Trinajstić information content (AvgIpc) is 2.61. The second kappa shape index (κ2) is 3.84. The van der Waals surface area contributed by atoms with E-state index in [0.717, 1.165) is 10.9 Å². The van der Waals surface area contributed by atoms with E-state index in [-0.39, 0.29) is 12.5 Å². The number of fused-ring (bicyclic) bond motifs is 1. The van der Waals surface area contributed by atoms with Crippen LogP contribution in [0.15, 0.2) is 24.4 Å². The summed E-state index contributed by atoms with van der Waals surface area (Å²) in [7, 11) is 3.45. The summed E-state index contributed by atoms with van der Waals surface area (Å²) in [5.74, 6) is 0.00687. The maximum Gasteiger partial charge on any atom is 0.243 e. The van der Waals surface area contributed by atoms with Gasteiger partial charge >= 0.3 is 0 Å². The highest BCUT2D eigenvalue weighted by Gasteiger charge is 2.09. The van der Waals surface area contributed by atoms with Crippen molar-refractivity contribution in [3.63, 3.8) is 0 Å². The van der Waals surface area contributed by atoms with Crippen molar-refractivity contribution < 1.29 is 4.79 Å². The third-order valence-electron chi connectivity index (χ3n) is 2.45.